The number of aromatic nitrogens is 3. The van der Waals surface area contributed by atoms with Gasteiger partial charge in [-0.05, 0) is 31.5 Å². The third-order valence-electron chi connectivity index (χ3n) is 3.95. The van der Waals surface area contributed by atoms with Crippen molar-refractivity contribution >= 4 is 17.7 Å². The normalized spacial score (nSPS) is 11.9. The summed E-state index contributed by atoms with van der Waals surface area (Å²) in [5.74, 6) is 0.394. The van der Waals surface area contributed by atoms with E-state index in [-0.39, 0.29) is 11.7 Å². The number of phenols is 1. The number of esters is 1. The molecule has 1 aromatic heterocycles. The summed E-state index contributed by atoms with van der Waals surface area (Å²) < 4.78 is 6.99. The summed E-state index contributed by atoms with van der Waals surface area (Å²) >= 11 is 1.29. The zero-order chi connectivity index (χ0) is 19.2. The first kappa shape index (κ1) is 19.0. The fraction of sp³-hybridized carbons (Fsp3) is 0.250. The molecule has 1 N–H and O–H groups in total. The second kappa shape index (κ2) is 8.73. The van der Waals surface area contributed by atoms with Gasteiger partial charge in [0.05, 0.1) is 18.7 Å². The van der Waals surface area contributed by atoms with Crippen LogP contribution in [0.1, 0.15) is 19.4 Å². The van der Waals surface area contributed by atoms with Gasteiger partial charge in [-0.1, -0.05) is 54.2 Å². The zero-order valence-electron chi connectivity index (χ0n) is 15.2. The van der Waals surface area contributed by atoms with Crippen LogP contribution < -0.4 is 0 Å². The first-order valence-corrected chi connectivity index (χ1v) is 9.57. The topological polar surface area (TPSA) is 77.2 Å². The molecule has 1 atom stereocenters. The number of ether oxygens (including phenoxy) is 1. The van der Waals surface area contributed by atoms with Gasteiger partial charge in [-0.2, -0.15) is 0 Å². The third-order valence-corrected chi connectivity index (χ3v) is 5.00. The first-order valence-electron chi connectivity index (χ1n) is 8.69. The number of carbonyl (C=O) groups is 1. The largest absolute Gasteiger partial charge is 0.507 e. The summed E-state index contributed by atoms with van der Waals surface area (Å²) in [6, 6.07) is 16.9. The minimum atomic E-state index is -0.416. The van der Waals surface area contributed by atoms with E-state index < -0.39 is 5.25 Å². The Kier molecular flexibility index (Phi) is 6.13. The molecule has 0 aliphatic rings. The van der Waals surface area contributed by atoms with Crippen molar-refractivity contribution in [3.8, 4) is 17.1 Å². The van der Waals surface area contributed by atoms with Crippen molar-refractivity contribution in [3.63, 3.8) is 0 Å². The van der Waals surface area contributed by atoms with Gasteiger partial charge in [0.15, 0.2) is 11.0 Å². The summed E-state index contributed by atoms with van der Waals surface area (Å²) in [7, 11) is 0. The molecule has 2 aromatic carbocycles. The predicted molar refractivity (Wildman–Crippen MR) is 105 cm³/mol. The van der Waals surface area contributed by atoms with Crippen LogP contribution in [0.2, 0.25) is 0 Å². The number of phenolic OH excluding ortho intramolecular Hbond substituents is 1. The van der Waals surface area contributed by atoms with Crippen LogP contribution in [0.15, 0.2) is 59.8 Å². The molecule has 7 heteroatoms. The van der Waals surface area contributed by atoms with E-state index in [0.717, 1.165) is 5.56 Å². The smallest absolute Gasteiger partial charge is 0.319 e. The average Bonchev–Trinajstić information content (AvgIpc) is 3.05. The minimum absolute atomic E-state index is 0.134. The molecule has 140 valence electrons. The number of rotatable bonds is 7. The molecule has 0 radical (unpaired) electrons. The second-order valence-electron chi connectivity index (χ2n) is 5.91. The van der Waals surface area contributed by atoms with Crippen LogP contribution in [0.5, 0.6) is 5.75 Å². The SMILES string of the molecule is CCOC(=O)[C@@H](C)Sc1nnc(-c2ccccc2O)n1Cc1ccccc1. The van der Waals surface area contributed by atoms with Crippen LogP contribution in [0, 0.1) is 0 Å². The summed E-state index contributed by atoms with van der Waals surface area (Å²) in [4.78, 5) is 12.0. The van der Waals surface area contributed by atoms with Crippen LogP contribution in [0.4, 0.5) is 0 Å². The number of aromatic hydroxyl groups is 1. The van der Waals surface area contributed by atoms with Crippen molar-refractivity contribution in [3.05, 3.63) is 60.2 Å². The molecule has 0 unspecified atom stereocenters. The monoisotopic (exact) mass is 383 g/mol. The maximum atomic E-state index is 12.0. The van der Waals surface area contributed by atoms with E-state index in [9.17, 15) is 9.90 Å². The van der Waals surface area contributed by atoms with Gasteiger partial charge < -0.3 is 9.84 Å². The van der Waals surface area contributed by atoms with Gasteiger partial charge in [-0.3, -0.25) is 9.36 Å². The summed E-state index contributed by atoms with van der Waals surface area (Å²) in [6.07, 6.45) is 0. The summed E-state index contributed by atoms with van der Waals surface area (Å²) in [5.41, 5.74) is 1.66. The zero-order valence-corrected chi connectivity index (χ0v) is 16.0. The van der Waals surface area contributed by atoms with Crippen LogP contribution in [0.3, 0.4) is 0 Å². The standard InChI is InChI=1S/C20H21N3O3S/c1-3-26-19(25)14(2)27-20-22-21-18(16-11-7-8-12-17(16)24)23(20)13-15-9-5-4-6-10-15/h4-12,14,24H,3,13H2,1-2H3/t14-/m1/s1. The van der Waals surface area contributed by atoms with Crippen LogP contribution in [-0.2, 0) is 16.1 Å². The first-order chi connectivity index (χ1) is 13.1. The number of hydrogen-bond acceptors (Lipinski definition) is 6. The Bertz CT molecular complexity index is 912. The van der Waals surface area contributed by atoms with Gasteiger partial charge in [0, 0.05) is 0 Å². The lowest BCUT2D eigenvalue weighted by atomic mass is 10.1. The lowest BCUT2D eigenvalue weighted by Crippen LogP contribution is -2.17. The van der Waals surface area contributed by atoms with Crippen LogP contribution in [-0.4, -0.2) is 37.7 Å². The number of hydrogen-bond donors (Lipinski definition) is 1. The van der Waals surface area contributed by atoms with Crippen molar-refractivity contribution in [1.82, 2.24) is 14.8 Å². The summed E-state index contributed by atoms with van der Waals surface area (Å²) in [5, 5.41) is 19.0. The Morgan fingerprint density at radius 3 is 2.56 bits per heavy atom. The van der Waals surface area contributed by atoms with E-state index >= 15 is 0 Å². The Morgan fingerprint density at radius 2 is 1.85 bits per heavy atom. The number of para-hydroxylation sites is 1. The number of benzene rings is 2. The Labute approximate surface area is 162 Å². The van der Waals surface area contributed by atoms with Crippen LogP contribution >= 0.6 is 11.8 Å². The van der Waals surface area contributed by atoms with E-state index in [1.165, 1.54) is 11.8 Å². The van der Waals surface area contributed by atoms with Gasteiger partial charge in [0.25, 0.3) is 0 Å². The fourth-order valence-electron chi connectivity index (χ4n) is 2.61. The second-order valence-corrected chi connectivity index (χ2v) is 7.22. The highest BCUT2D eigenvalue weighted by Crippen LogP contribution is 2.32. The van der Waals surface area contributed by atoms with E-state index in [2.05, 4.69) is 10.2 Å². The molecule has 0 bridgehead atoms. The van der Waals surface area contributed by atoms with Crippen molar-refractivity contribution < 1.29 is 14.6 Å². The number of carbonyl (C=O) groups excluding carboxylic acids is 1. The molecule has 0 aliphatic heterocycles. The van der Waals surface area contributed by atoms with Crippen molar-refractivity contribution in [2.45, 2.75) is 30.8 Å². The van der Waals surface area contributed by atoms with Gasteiger partial charge in [0.1, 0.15) is 11.0 Å². The van der Waals surface area contributed by atoms with Gasteiger partial charge >= 0.3 is 5.97 Å². The molecule has 0 saturated carbocycles. The third kappa shape index (κ3) is 4.49. The molecule has 1 heterocycles. The fourth-order valence-corrected chi connectivity index (χ4v) is 3.46. The lowest BCUT2D eigenvalue weighted by molar-refractivity contribution is -0.142. The molecular formula is C20H21N3O3S. The van der Waals surface area contributed by atoms with Gasteiger partial charge in [-0.25, -0.2) is 0 Å². The predicted octanol–water partition coefficient (Wildman–Crippen LogP) is 3.74. The minimum Gasteiger partial charge on any atom is -0.507 e. The lowest BCUT2D eigenvalue weighted by Gasteiger charge is -2.13. The molecular weight excluding hydrogens is 362 g/mol. The number of nitrogens with zero attached hydrogens (tertiary/aromatic N) is 3. The summed E-state index contributed by atoms with van der Waals surface area (Å²) in [6.45, 7) is 4.42. The Morgan fingerprint density at radius 1 is 1.15 bits per heavy atom. The molecule has 0 saturated heterocycles. The molecule has 27 heavy (non-hydrogen) atoms. The molecule has 0 spiro atoms. The van der Waals surface area contributed by atoms with E-state index in [4.69, 9.17) is 4.74 Å². The highest BCUT2D eigenvalue weighted by molar-refractivity contribution is 8.00. The molecule has 3 rings (SSSR count). The van der Waals surface area contributed by atoms with Crippen molar-refractivity contribution in [2.75, 3.05) is 6.61 Å². The van der Waals surface area contributed by atoms with Crippen molar-refractivity contribution in [2.24, 2.45) is 0 Å². The molecule has 3 aromatic rings. The maximum Gasteiger partial charge on any atom is 0.319 e. The molecule has 6 nitrogen and oxygen atoms in total. The highest BCUT2D eigenvalue weighted by atomic mass is 32.2. The Balaban J connectivity index is 1.98. The quantitative estimate of drug-likeness (QED) is 0.495. The van der Waals surface area contributed by atoms with Gasteiger partial charge in [0.2, 0.25) is 0 Å². The van der Waals surface area contributed by atoms with E-state index in [1.807, 2.05) is 41.0 Å². The molecule has 0 amide bonds. The Hall–Kier alpha value is -2.80. The van der Waals surface area contributed by atoms with E-state index in [0.29, 0.717) is 29.7 Å². The van der Waals surface area contributed by atoms with Crippen molar-refractivity contribution in [1.29, 1.82) is 0 Å². The van der Waals surface area contributed by atoms with Gasteiger partial charge in [-0.15, -0.1) is 10.2 Å². The maximum absolute atomic E-state index is 12.0. The van der Waals surface area contributed by atoms with E-state index in [1.54, 1.807) is 32.0 Å². The molecule has 0 aliphatic carbocycles. The molecule has 0 fully saturated rings. The highest BCUT2D eigenvalue weighted by Gasteiger charge is 2.22. The van der Waals surface area contributed by atoms with Crippen LogP contribution in [0.25, 0.3) is 11.4 Å². The average molecular weight is 383 g/mol. The number of thioether (sulfide) groups is 1.